The summed E-state index contributed by atoms with van der Waals surface area (Å²) in [5, 5.41) is 2.49. The van der Waals surface area contributed by atoms with Crippen LogP contribution in [0.1, 0.15) is 26.2 Å². The van der Waals surface area contributed by atoms with Crippen LogP contribution in [0.4, 0.5) is 4.79 Å². The van der Waals surface area contributed by atoms with Crippen molar-refractivity contribution in [2.24, 2.45) is 0 Å². The first-order valence-corrected chi connectivity index (χ1v) is 7.02. The zero-order valence-electron chi connectivity index (χ0n) is 9.69. The van der Waals surface area contributed by atoms with Gasteiger partial charge in [0.25, 0.3) is 10.1 Å². The summed E-state index contributed by atoms with van der Waals surface area (Å²) < 4.78 is 30.4. The first-order valence-electron chi connectivity index (χ1n) is 5.20. The molecule has 1 amide bonds. The number of nitrogens with one attached hydrogen (secondary N) is 1. The van der Waals surface area contributed by atoms with Crippen molar-refractivity contribution in [3.63, 3.8) is 0 Å². The van der Waals surface area contributed by atoms with Crippen LogP contribution in [0.2, 0.25) is 0 Å². The highest BCUT2D eigenvalue weighted by atomic mass is 32.2. The van der Waals surface area contributed by atoms with Gasteiger partial charge in [-0.3, -0.25) is 4.18 Å². The topological polar surface area (TPSA) is 81.7 Å². The highest BCUT2D eigenvalue weighted by Gasteiger charge is 2.02. The predicted octanol–water partition coefficient (Wildman–Crippen LogP) is 0.879. The van der Waals surface area contributed by atoms with Gasteiger partial charge in [0, 0.05) is 6.54 Å². The molecule has 0 aliphatic heterocycles. The molecule has 0 unspecified atom stereocenters. The molecular weight excluding hydrogens is 234 g/mol. The van der Waals surface area contributed by atoms with E-state index in [-0.39, 0.29) is 6.61 Å². The highest BCUT2D eigenvalue weighted by Crippen LogP contribution is 1.90. The summed E-state index contributed by atoms with van der Waals surface area (Å²) in [6.45, 7) is 2.81. The zero-order chi connectivity index (χ0) is 12.4. The Hall–Kier alpha value is -0.820. The van der Waals surface area contributed by atoms with Gasteiger partial charge < -0.3 is 10.1 Å². The molecule has 0 aromatic heterocycles. The Morgan fingerprint density at radius 1 is 1.25 bits per heavy atom. The minimum absolute atomic E-state index is 0.0636. The van der Waals surface area contributed by atoms with Crippen molar-refractivity contribution in [1.29, 1.82) is 0 Å². The lowest BCUT2D eigenvalue weighted by atomic mass is 10.4. The van der Waals surface area contributed by atoms with Crippen molar-refractivity contribution in [2.75, 3.05) is 26.0 Å². The Balaban J connectivity index is 3.34. The number of hydrogen-bond donors (Lipinski definition) is 1. The van der Waals surface area contributed by atoms with E-state index < -0.39 is 16.2 Å². The van der Waals surface area contributed by atoms with Gasteiger partial charge in [-0.05, 0) is 12.8 Å². The fraction of sp³-hybridized carbons (Fsp3) is 0.889. The van der Waals surface area contributed by atoms with Crippen LogP contribution in [0, 0.1) is 0 Å². The SMILES string of the molecule is CCCCOC(=O)NCCCOS(C)(=O)=O. The summed E-state index contributed by atoms with van der Waals surface area (Å²) in [4.78, 5) is 11.0. The molecule has 96 valence electrons. The van der Waals surface area contributed by atoms with E-state index in [1.54, 1.807) is 0 Å². The molecule has 7 heteroatoms. The number of hydrogen-bond acceptors (Lipinski definition) is 5. The molecule has 0 spiro atoms. The van der Waals surface area contributed by atoms with Gasteiger partial charge in [-0.25, -0.2) is 4.79 Å². The van der Waals surface area contributed by atoms with Crippen molar-refractivity contribution in [3.05, 3.63) is 0 Å². The van der Waals surface area contributed by atoms with Crippen molar-refractivity contribution >= 4 is 16.2 Å². The molecular formula is C9H19NO5S. The molecule has 0 aliphatic carbocycles. The molecule has 0 saturated carbocycles. The largest absolute Gasteiger partial charge is 0.450 e. The van der Waals surface area contributed by atoms with E-state index in [1.165, 1.54) is 0 Å². The van der Waals surface area contributed by atoms with Crippen LogP contribution in [-0.4, -0.2) is 40.5 Å². The Kier molecular flexibility index (Phi) is 7.92. The second-order valence-electron chi connectivity index (χ2n) is 3.30. The van der Waals surface area contributed by atoms with Gasteiger partial charge in [0.2, 0.25) is 0 Å². The quantitative estimate of drug-likeness (QED) is 0.513. The average molecular weight is 253 g/mol. The van der Waals surface area contributed by atoms with Gasteiger partial charge >= 0.3 is 6.09 Å². The lowest BCUT2D eigenvalue weighted by Gasteiger charge is -2.06. The molecule has 16 heavy (non-hydrogen) atoms. The summed E-state index contributed by atoms with van der Waals surface area (Å²) in [5.74, 6) is 0. The lowest BCUT2D eigenvalue weighted by molar-refractivity contribution is 0.144. The maximum atomic E-state index is 11.0. The Morgan fingerprint density at radius 2 is 1.94 bits per heavy atom. The third-order valence-electron chi connectivity index (χ3n) is 1.62. The number of carbonyl (C=O) groups is 1. The molecule has 6 nitrogen and oxygen atoms in total. The van der Waals surface area contributed by atoms with Gasteiger partial charge in [0.15, 0.2) is 0 Å². The smallest absolute Gasteiger partial charge is 0.407 e. The van der Waals surface area contributed by atoms with Gasteiger partial charge in [-0.1, -0.05) is 13.3 Å². The minimum Gasteiger partial charge on any atom is -0.450 e. The summed E-state index contributed by atoms with van der Waals surface area (Å²) in [5.41, 5.74) is 0. The summed E-state index contributed by atoms with van der Waals surface area (Å²) in [6, 6.07) is 0. The molecule has 0 bridgehead atoms. The summed E-state index contributed by atoms with van der Waals surface area (Å²) in [7, 11) is -3.39. The standard InChI is InChI=1S/C9H19NO5S/c1-3-4-7-14-9(11)10-6-5-8-15-16(2,12)13/h3-8H2,1-2H3,(H,10,11). The Morgan fingerprint density at radius 3 is 2.50 bits per heavy atom. The number of rotatable bonds is 8. The molecule has 0 radical (unpaired) electrons. The third-order valence-corrected chi connectivity index (χ3v) is 2.21. The van der Waals surface area contributed by atoms with Crippen molar-refractivity contribution < 1.29 is 22.1 Å². The first-order chi connectivity index (χ1) is 7.45. The molecule has 0 heterocycles. The van der Waals surface area contributed by atoms with Crippen molar-refractivity contribution in [1.82, 2.24) is 5.32 Å². The summed E-state index contributed by atoms with van der Waals surface area (Å²) >= 11 is 0. The highest BCUT2D eigenvalue weighted by molar-refractivity contribution is 7.85. The Labute approximate surface area is 96.4 Å². The molecule has 0 atom stereocenters. The first kappa shape index (κ1) is 15.2. The fourth-order valence-corrected chi connectivity index (χ4v) is 1.25. The van der Waals surface area contributed by atoms with Gasteiger partial charge in [0.05, 0.1) is 19.5 Å². The molecule has 0 aliphatic rings. The van der Waals surface area contributed by atoms with Gasteiger partial charge in [0.1, 0.15) is 0 Å². The molecule has 0 aromatic carbocycles. The number of amides is 1. The van der Waals surface area contributed by atoms with Crippen LogP contribution in [0.3, 0.4) is 0 Å². The van der Waals surface area contributed by atoms with Crippen LogP contribution in [-0.2, 0) is 19.0 Å². The third kappa shape index (κ3) is 11.3. The lowest BCUT2D eigenvalue weighted by Crippen LogP contribution is -2.26. The number of unbranched alkanes of at least 4 members (excludes halogenated alkanes) is 1. The maximum Gasteiger partial charge on any atom is 0.407 e. The number of alkyl carbamates (subject to hydrolysis) is 1. The van der Waals surface area contributed by atoms with Crippen LogP contribution in [0.25, 0.3) is 0 Å². The minimum atomic E-state index is -3.39. The number of carbonyl (C=O) groups excluding carboxylic acids is 1. The van der Waals surface area contributed by atoms with E-state index >= 15 is 0 Å². The maximum absolute atomic E-state index is 11.0. The number of ether oxygens (including phenoxy) is 1. The van der Waals surface area contributed by atoms with Crippen molar-refractivity contribution in [2.45, 2.75) is 26.2 Å². The van der Waals surface area contributed by atoms with E-state index in [4.69, 9.17) is 4.74 Å². The van der Waals surface area contributed by atoms with E-state index in [0.717, 1.165) is 19.1 Å². The molecule has 0 aromatic rings. The normalized spacial score (nSPS) is 11.1. The van der Waals surface area contributed by atoms with E-state index in [9.17, 15) is 13.2 Å². The van der Waals surface area contributed by atoms with Crippen LogP contribution < -0.4 is 5.32 Å². The molecule has 0 fully saturated rings. The average Bonchev–Trinajstić information content (AvgIpc) is 2.16. The van der Waals surface area contributed by atoms with E-state index in [1.807, 2.05) is 6.92 Å². The second-order valence-corrected chi connectivity index (χ2v) is 4.94. The van der Waals surface area contributed by atoms with Gasteiger partial charge in [-0.15, -0.1) is 0 Å². The predicted molar refractivity (Wildman–Crippen MR) is 59.7 cm³/mol. The van der Waals surface area contributed by atoms with Crippen LogP contribution in [0.15, 0.2) is 0 Å². The monoisotopic (exact) mass is 253 g/mol. The molecule has 0 saturated heterocycles. The molecule has 0 rings (SSSR count). The second kappa shape index (κ2) is 8.35. The summed E-state index contributed by atoms with van der Waals surface area (Å²) in [6.07, 6.45) is 2.74. The Bertz CT molecular complexity index is 288. The van der Waals surface area contributed by atoms with Crippen LogP contribution >= 0.6 is 0 Å². The zero-order valence-corrected chi connectivity index (χ0v) is 10.5. The van der Waals surface area contributed by atoms with Gasteiger partial charge in [-0.2, -0.15) is 8.42 Å². The van der Waals surface area contributed by atoms with Crippen molar-refractivity contribution in [3.8, 4) is 0 Å². The van der Waals surface area contributed by atoms with E-state index in [2.05, 4.69) is 9.50 Å². The van der Waals surface area contributed by atoms with E-state index in [0.29, 0.717) is 19.6 Å². The molecule has 1 N–H and O–H groups in total. The van der Waals surface area contributed by atoms with Crippen LogP contribution in [0.5, 0.6) is 0 Å². The fourth-order valence-electron chi connectivity index (χ4n) is 0.833.